The molecule has 0 unspecified atom stereocenters. The third-order valence-electron chi connectivity index (χ3n) is 2.62. The average molecular weight is 335 g/mol. The summed E-state index contributed by atoms with van der Waals surface area (Å²) in [5.74, 6) is 0. The van der Waals surface area contributed by atoms with Crippen LogP contribution < -0.4 is 0 Å². The molecule has 6 heteroatoms. The fourth-order valence-electron chi connectivity index (χ4n) is 1.74. The summed E-state index contributed by atoms with van der Waals surface area (Å²) in [6, 6.07) is 10.2. The van der Waals surface area contributed by atoms with Gasteiger partial charge < -0.3 is 0 Å². The first-order valence-electron chi connectivity index (χ1n) is 5.80. The second-order valence-corrected chi connectivity index (χ2v) is 5.47. The minimum absolute atomic E-state index is 0.656. The van der Waals surface area contributed by atoms with Gasteiger partial charge in [-0.15, -0.1) is 16.4 Å². The Morgan fingerprint density at radius 2 is 2.00 bits per heavy atom. The van der Waals surface area contributed by atoms with Gasteiger partial charge in [-0.3, -0.25) is 0 Å². The van der Waals surface area contributed by atoms with Crippen molar-refractivity contribution in [2.24, 2.45) is 0 Å². The van der Waals surface area contributed by atoms with E-state index in [1.54, 1.807) is 16.0 Å². The molecule has 0 spiro atoms. The zero-order chi connectivity index (χ0) is 13.1. The van der Waals surface area contributed by atoms with Crippen molar-refractivity contribution in [3.63, 3.8) is 0 Å². The first-order valence-corrected chi connectivity index (χ1v) is 7.80. The molecule has 3 aromatic rings. The van der Waals surface area contributed by atoms with Crippen LogP contribution in [-0.4, -0.2) is 20.0 Å². The minimum Gasteiger partial charge on any atom is -0.246 e. The van der Waals surface area contributed by atoms with Crippen LogP contribution in [0.4, 0.5) is 0 Å². The highest BCUT2D eigenvalue weighted by molar-refractivity contribution is 9.08. The number of thiazole rings is 1. The van der Waals surface area contributed by atoms with Gasteiger partial charge in [0.25, 0.3) is 0 Å². The number of rotatable bonds is 4. The summed E-state index contributed by atoms with van der Waals surface area (Å²) in [6.07, 6.45) is 1.93. The zero-order valence-electron chi connectivity index (χ0n) is 10.0. The lowest BCUT2D eigenvalue weighted by Gasteiger charge is -1.96. The highest BCUT2D eigenvalue weighted by Crippen LogP contribution is 2.23. The van der Waals surface area contributed by atoms with Crippen molar-refractivity contribution in [3.8, 4) is 10.6 Å². The highest BCUT2D eigenvalue weighted by Gasteiger charge is 2.06. The maximum absolute atomic E-state index is 4.63. The first-order chi connectivity index (χ1) is 9.35. The van der Waals surface area contributed by atoms with Crippen LogP contribution in [-0.2, 0) is 11.9 Å². The number of nitrogens with zero attached hydrogens (tertiary/aromatic N) is 4. The molecule has 0 bridgehead atoms. The Balaban J connectivity index is 1.78. The number of alkyl halides is 1. The molecule has 0 radical (unpaired) electrons. The van der Waals surface area contributed by atoms with Crippen LogP contribution >= 0.6 is 27.3 Å². The normalized spacial score (nSPS) is 10.8. The molecular weight excluding hydrogens is 324 g/mol. The molecule has 0 aliphatic heterocycles. The van der Waals surface area contributed by atoms with Gasteiger partial charge in [-0.25, -0.2) is 9.67 Å². The van der Waals surface area contributed by atoms with E-state index in [4.69, 9.17) is 0 Å². The van der Waals surface area contributed by atoms with Gasteiger partial charge in [-0.2, -0.15) is 0 Å². The lowest BCUT2D eigenvalue weighted by Crippen LogP contribution is -2.00. The van der Waals surface area contributed by atoms with Gasteiger partial charge >= 0.3 is 0 Å². The maximum Gasteiger partial charge on any atom is 0.123 e. The Hall–Kier alpha value is -1.53. The van der Waals surface area contributed by atoms with Crippen LogP contribution in [0.25, 0.3) is 10.6 Å². The fourth-order valence-corrected chi connectivity index (χ4v) is 2.81. The van der Waals surface area contributed by atoms with Crippen LogP contribution in [0.15, 0.2) is 41.9 Å². The zero-order valence-corrected chi connectivity index (χ0v) is 12.4. The molecule has 0 fully saturated rings. The van der Waals surface area contributed by atoms with Crippen LogP contribution in [0, 0.1) is 0 Å². The topological polar surface area (TPSA) is 43.6 Å². The van der Waals surface area contributed by atoms with E-state index in [2.05, 4.69) is 48.7 Å². The van der Waals surface area contributed by atoms with Crippen LogP contribution in [0.5, 0.6) is 0 Å². The number of halogens is 1. The lowest BCUT2D eigenvalue weighted by molar-refractivity contribution is 0.641. The summed E-state index contributed by atoms with van der Waals surface area (Å²) in [7, 11) is 0. The molecule has 0 aliphatic rings. The maximum atomic E-state index is 4.63. The van der Waals surface area contributed by atoms with Gasteiger partial charge in [-0.1, -0.05) is 51.5 Å². The molecule has 2 heterocycles. The summed E-state index contributed by atoms with van der Waals surface area (Å²) in [5, 5.41) is 11.9. The van der Waals surface area contributed by atoms with Crippen LogP contribution in [0.2, 0.25) is 0 Å². The fraction of sp³-hybridized carbons (Fsp3) is 0.154. The number of benzene rings is 1. The third-order valence-corrected chi connectivity index (χ3v) is 4.13. The minimum atomic E-state index is 0.656. The molecule has 0 N–H and O–H groups in total. The Bertz CT molecular complexity index is 662. The molecule has 4 nitrogen and oxygen atoms in total. The van der Waals surface area contributed by atoms with Crippen molar-refractivity contribution in [1.82, 2.24) is 20.0 Å². The Kier molecular flexibility index (Phi) is 3.70. The van der Waals surface area contributed by atoms with E-state index in [-0.39, 0.29) is 0 Å². The largest absolute Gasteiger partial charge is 0.246 e. The Morgan fingerprint density at radius 3 is 2.74 bits per heavy atom. The van der Waals surface area contributed by atoms with Crippen molar-refractivity contribution >= 4 is 27.3 Å². The molecule has 1 aromatic carbocycles. The molecule has 2 aromatic heterocycles. The second kappa shape index (κ2) is 5.63. The van der Waals surface area contributed by atoms with Crippen molar-refractivity contribution in [2.45, 2.75) is 11.9 Å². The van der Waals surface area contributed by atoms with Gasteiger partial charge in [0.15, 0.2) is 0 Å². The number of hydrogen-bond donors (Lipinski definition) is 0. The van der Waals surface area contributed by atoms with Crippen molar-refractivity contribution in [3.05, 3.63) is 53.3 Å². The first kappa shape index (κ1) is 12.5. The van der Waals surface area contributed by atoms with E-state index in [1.165, 1.54) is 0 Å². The van der Waals surface area contributed by atoms with E-state index in [0.717, 1.165) is 27.3 Å². The summed E-state index contributed by atoms with van der Waals surface area (Å²) in [4.78, 5) is 4.63. The van der Waals surface area contributed by atoms with Gasteiger partial charge in [-0.05, 0) is 0 Å². The predicted octanol–water partition coefficient (Wildman–Crippen LogP) is 3.34. The van der Waals surface area contributed by atoms with Crippen LogP contribution in [0.3, 0.4) is 0 Å². The highest BCUT2D eigenvalue weighted by atomic mass is 79.9. The monoisotopic (exact) mass is 334 g/mol. The second-order valence-electron chi connectivity index (χ2n) is 4.05. The molecule has 3 rings (SSSR count). The van der Waals surface area contributed by atoms with Crippen molar-refractivity contribution in [1.29, 1.82) is 0 Å². The molecule has 0 amide bonds. The van der Waals surface area contributed by atoms with Gasteiger partial charge in [0, 0.05) is 22.5 Å². The summed E-state index contributed by atoms with van der Waals surface area (Å²) in [5.41, 5.74) is 3.09. The molecule has 19 heavy (non-hydrogen) atoms. The summed E-state index contributed by atoms with van der Waals surface area (Å²) in [6.45, 7) is 0.656. The van der Waals surface area contributed by atoms with Gasteiger partial charge in [0.05, 0.1) is 17.9 Å². The number of aromatic nitrogens is 4. The van der Waals surface area contributed by atoms with Crippen molar-refractivity contribution in [2.75, 3.05) is 0 Å². The number of hydrogen-bond acceptors (Lipinski definition) is 4. The van der Waals surface area contributed by atoms with E-state index in [9.17, 15) is 0 Å². The average Bonchev–Trinajstić information content (AvgIpc) is 3.09. The standard InChI is InChI=1S/C13H11BrN4S/c14-6-11-7-18(17-16-11)8-12-9-19-13(15-12)10-4-2-1-3-5-10/h1-5,7,9H,6,8H2. The Labute approximate surface area is 123 Å². The molecule has 96 valence electrons. The summed E-state index contributed by atoms with van der Waals surface area (Å²) >= 11 is 5.01. The SMILES string of the molecule is BrCc1cn(Cc2csc(-c3ccccc3)n2)nn1. The van der Waals surface area contributed by atoms with E-state index >= 15 is 0 Å². The quantitative estimate of drug-likeness (QED) is 0.687. The molecule has 0 saturated heterocycles. The molecule has 0 saturated carbocycles. The van der Waals surface area contributed by atoms with E-state index < -0.39 is 0 Å². The molecule has 0 aliphatic carbocycles. The Morgan fingerprint density at radius 1 is 1.16 bits per heavy atom. The predicted molar refractivity (Wildman–Crippen MR) is 79.3 cm³/mol. The van der Waals surface area contributed by atoms with Gasteiger partial charge in [0.1, 0.15) is 5.01 Å². The smallest absolute Gasteiger partial charge is 0.123 e. The molecule has 0 atom stereocenters. The van der Waals surface area contributed by atoms with E-state index in [0.29, 0.717) is 6.54 Å². The van der Waals surface area contributed by atoms with Gasteiger partial charge in [0.2, 0.25) is 0 Å². The van der Waals surface area contributed by atoms with Crippen LogP contribution in [0.1, 0.15) is 11.4 Å². The third kappa shape index (κ3) is 2.90. The molecular formula is C13H11BrN4S. The van der Waals surface area contributed by atoms with Crippen molar-refractivity contribution < 1.29 is 0 Å². The summed E-state index contributed by atoms with van der Waals surface area (Å²) < 4.78 is 1.81. The van der Waals surface area contributed by atoms with E-state index in [1.807, 2.05) is 24.4 Å². The lowest BCUT2D eigenvalue weighted by atomic mass is 10.2.